The fraction of sp³-hybridized carbons (Fsp3) is 0.273. The van der Waals surface area contributed by atoms with Crippen LogP contribution in [0, 0.1) is 13.8 Å². The van der Waals surface area contributed by atoms with Crippen molar-refractivity contribution in [3.8, 4) is 5.75 Å². The van der Waals surface area contributed by atoms with Crippen molar-refractivity contribution in [3.63, 3.8) is 0 Å². The summed E-state index contributed by atoms with van der Waals surface area (Å²) in [6.45, 7) is 3.61. The molecule has 4 nitrogen and oxygen atoms in total. The minimum absolute atomic E-state index is 0.0784. The van der Waals surface area contributed by atoms with Crippen molar-refractivity contribution in [2.75, 3.05) is 6.61 Å². The van der Waals surface area contributed by atoms with Crippen molar-refractivity contribution in [1.29, 1.82) is 0 Å². The molecule has 3 N–H and O–H groups in total. The Morgan fingerprint density at radius 2 is 2.18 bits per heavy atom. The van der Waals surface area contributed by atoms with Gasteiger partial charge < -0.3 is 15.8 Å². The maximum Gasteiger partial charge on any atom is 0.264 e. The Morgan fingerprint density at radius 1 is 1.53 bits per heavy atom. The summed E-state index contributed by atoms with van der Waals surface area (Å²) in [5, 5.41) is 2.66. The highest BCUT2D eigenvalue weighted by atomic mass is 35.5. The first-order valence-corrected chi connectivity index (χ1v) is 5.67. The van der Waals surface area contributed by atoms with E-state index < -0.39 is 5.91 Å². The van der Waals surface area contributed by atoms with Crippen molar-refractivity contribution >= 4 is 34.8 Å². The van der Waals surface area contributed by atoms with Gasteiger partial charge in [-0.05, 0) is 43.3 Å². The van der Waals surface area contributed by atoms with E-state index in [-0.39, 0.29) is 11.7 Å². The first kappa shape index (κ1) is 13.7. The van der Waals surface area contributed by atoms with Crippen LogP contribution < -0.4 is 15.8 Å². The number of nitrogens with two attached hydrogens (primary N) is 1. The number of ether oxygens (including phenoxy) is 1. The third-order valence-electron chi connectivity index (χ3n) is 1.98. The lowest BCUT2D eigenvalue weighted by Gasteiger charge is -2.11. The smallest absolute Gasteiger partial charge is 0.264 e. The van der Waals surface area contributed by atoms with E-state index in [9.17, 15) is 4.79 Å². The van der Waals surface area contributed by atoms with E-state index in [2.05, 4.69) is 17.5 Å². The summed E-state index contributed by atoms with van der Waals surface area (Å²) in [5.41, 5.74) is 7.07. The van der Waals surface area contributed by atoms with Gasteiger partial charge in [-0.15, -0.1) is 0 Å². The van der Waals surface area contributed by atoms with E-state index in [1.807, 2.05) is 19.9 Å². The lowest BCUT2D eigenvalue weighted by molar-refractivity contribution is -0.121. The second-order valence-electron chi connectivity index (χ2n) is 3.59. The van der Waals surface area contributed by atoms with Crippen LogP contribution in [0.4, 0.5) is 0 Å². The molecule has 17 heavy (non-hydrogen) atoms. The number of hydrogen-bond acceptors (Lipinski definition) is 3. The molecular formula is C11H13ClN2O2S. The summed E-state index contributed by atoms with van der Waals surface area (Å²) in [5.74, 6) is 0.0869. The van der Waals surface area contributed by atoms with E-state index in [0.29, 0.717) is 10.8 Å². The average molecular weight is 273 g/mol. The van der Waals surface area contributed by atoms with Crippen LogP contribution in [0.2, 0.25) is 5.02 Å². The minimum atomic E-state index is -0.409. The molecule has 0 aliphatic heterocycles. The maximum absolute atomic E-state index is 11.3. The number of thiocarbonyl (C=S) groups is 1. The Hall–Kier alpha value is -1.33. The van der Waals surface area contributed by atoms with Gasteiger partial charge in [-0.3, -0.25) is 4.79 Å². The molecule has 0 heterocycles. The number of amides is 1. The number of carbonyl (C=O) groups excluding carboxylic acids is 1. The number of rotatable bonds is 3. The summed E-state index contributed by atoms with van der Waals surface area (Å²) < 4.78 is 5.33. The van der Waals surface area contributed by atoms with E-state index >= 15 is 0 Å². The van der Waals surface area contributed by atoms with Crippen LogP contribution >= 0.6 is 23.8 Å². The first-order valence-electron chi connectivity index (χ1n) is 4.89. The van der Waals surface area contributed by atoms with Crippen molar-refractivity contribution in [2.45, 2.75) is 13.8 Å². The van der Waals surface area contributed by atoms with E-state index in [1.165, 1.54) is 0 Å². The lowest BCUT2D eigenvalue weighted by Crippen LogP contribution is -2.37. The molecule has 0 fully saturated rings. The van der Waals surface area contributed by atoms with E-state index in [0.717, 1.165) is 11.1 Å². The van der Waals surface area contributed by atoms with Gasteiger partial charge in [-0.1, -0.05) is 17.7 Å². The summed E-state index contributed by atoms with van der Waals surface area (Å²) in [6.07, 6.45) is 0. The fourth-order valence-electron chi connectivity index (χ4n) is 1.40. The molecule has 1 rings (SSSR count). The van der Waals surface area contributed by atoms with Crippen LogP contribution in [0.1, 0.15) is 11.1 Å². The molecule has 0 radical (unpaired) electrons. The second kappa shape index (κ2) is 5.84. The highest BCUT2D eigenvalue weighted by Gasteiger charge is 2.09. The standard InChI is InChI=1S/C11H13ClN2O2S/c1-6-3-7(2)10(8(12)4-6)16-5-9(15)14-11(13)17/h3-4H,5H2,1-2H3,(H3,13,14,15,17). The molecule has 0 saturated heterocycles. The first-order chi connectivity index (χ1) is 7.90. The molecule has 1 aromatic rings. The van der Waals surface area contributed by atoms with E-state index in [1.54, 1.807) is 6.07 Å². The third kappa shape index (κ3) is 4.20. The molecule has 1 amide bonds. The number of nitrogens with one attached hydrogen (secondary N) is 1. The van der Waals surface area contributed by atoms with Gasteiger partial charge in [0, 0.05) is 0 Å². The Morgan fingerprint density at radius 3 is 2.71 bits per heavy atom. The summed E-state index contributed by atoms with van der Waals surface area (Å²) >= 11 is 10.6. The summed E-state index contributed by atoms with van der Waals surface area (Å²) in [6, 6.07) is 3.70. The minimum Gasteiger partial charge on any atom is -0.482 e. The average Bonchev–Trinajstić information content (AvgIpc) is 2.14. The quantitative estimate of drug-likeness (QED) is 0.822. The van der Waals surface area contributed by atoms with Crippen LogP contribution in [0.5, 0.6) is 5.75 Å². The molecule has 0 bridgehead atoms. The number of halogens is 1. The Bertz CT molecular complexity index is 440. The highest BCUT2D eigenvalue weighted by molar-refractivity contribution is 7.80. The summed E-state index contributed by atoms with van der Waals surface area (Å²) in [4.78, 5) is 11.3. The van der Waals surface area contributed by atoms with Crippen molar-refractivity contribution in [1.82, 2.24) is 5.32 Å². The van der Waals surface area contributed by atoms with Gasteiger partial charge >= 0.3 is 0 Å². The van der Waals surface area contributed by atoms with Gasteiger partial charge in [0.25, 0.3) is 5.91 Å². The zero-order valence-electron chi connectivity index (χ0n) is 9.54. The molecular weight excluding hydrogens is 260 g/mol. The molecule has 0 aliphatic rings. The lowest BCUT2D eigenvalue weighted by atomic mass is 10.1. The van der Waals surface area contributed by atoms with Crippen LogP contribution in [0.25, 0.3) is 0 Å². The molecule has 0 atom stereocenters. The molecule has 6 heteroatoms. The Balaban J connectivity index is 2.70. The van der Waals surface area contributed by atoms with Crippen LogP contribution in [0.15, 0.2) is 12.1 Å². The van der Waals surface area contributed by atoms with Gasteiger partial charge in [0.15, 0.2) is 11.7 Å². The van der Waals surface area contributed by atoms with Gasteiger partial charge in [0.2, 0.25) is 0 Å². The SMILES string of the molecule is Cc1cc(C)c(OCC(=O)NC(N)=S)c(Cl)c1. The highest BCUT2D eigenvalue weighted by Crippen LogP contribution is 2.29. The third-order valence-corrected chi connectivity index (χ3v) is 2.37. The number of hydrogen-bond donors (Lipinski definition) is 2. The van der Waals surface area contributed by atoms with Crippen LogP contribution in [-0.4, -0.2) is 17.6 Å². The normalized spacial score (nSPS) is 9.82. The van der Waals surface area contributed by atoms with Crippen molar-refractivity contribution in [2.24, 2.45) is 5.73 Å². The topological polar surface area (TPSA) is 64.3 Å². The van der Waals surface area contributed by atoms with Gasteiger partial charge in [-0.2, -0.15) is 0 Å². The van der Waals surface area contributed by atoms with Gasteiger partial charge in [0.05, 0.1) is 5.02 Å². The number of aryl methyl sites for hydroxylation is 2. The molecule has 1 aromatic carbocycles. The predicted octanol–water partition coefficient (Wildman–Crippen LogP) is 1.70. The summed E-state index contributed by atoms with van der Waals surface area (Å²) in [7, 11) is 0. The molecule has 0 unspecified atom stereocenters. The van der Waals surface area contributed by atoms with Gasteiger partial charge in [-0.25, -0.2) is 0 Å². The molecule has 0 aromatic heterocycles. The zero-order valence-corrected chi connectivity index (χ0v) is 11.1. The monoisotopic (exact) mass is 272 g/mol. The molecule has 92 valence electrons. The van der Waals surface area contributed by atoms with Crippen molar-refractivity contribution < 1.29 is 9.53 Å². The second-order valence-corrected chi connectivity index (χ2v) is 4.44. The zero-order chi connectivity index (χ0) is 13.0. The maximum atomic E-state index is 11.3. The largest absolute Gasteiger partial charge is 0.482 e. The molecule has 0 aliphatic carbocycles. The van der Waals surface area contributed by atoms with Gasteiger partial charge in [0.1, 0.15) is 5.75 Å². The fourth-order valence-corrected chi connectivity index (χ4v) is 1.89. The number of carbonyl (C=O) groups is 1. The van der Waals surface area contributed by atoms with Crippen LogP contribution in [-0.2, 0) is 4.79 Å². The van der Waals surface area contributed by atoms with E-state index in [4.69, 9.17) is 22.1 Å². The Kier molecular flexibility index (Phi) is 4.72. The molecule has 0 spiro atoms. The van der Waals surface area contributed by atoms with Crippen molar-refractivity contribution in [3.05, 3.63) is 28.3 Å². The van der Waals surface area contributed by atoms with Crippen LogP contribution in [0.3, 0.4) is 0 Å². The molecule has 0 saturated carbocycles. The predicted molar refractivity (Wildman–Crippen MR) is 71.3 cm³/mol. The Labute approximate surface area is 110 Å². The number of benzene rings is 1.